The van der Waals surface area contributed by atoms with Gasteiger partial charge in [0.25, 0.3) is 10.0 Å². The monoisotopic (exact) mass is 572 g/mol. The Kier molecular flexibility index (Phi) is 8.26. The van der Waals surface area contributed by atoms with Crippen molar-refractivity contribution in [1.29, 1.82) is 0 Å². The van der Waals surface area contributed by atoms with Crippen LogP contribution in [0.15, 0.2) is 77.7 Å². The van der Waals surface area contributed by atoms with Crippen LogP contribution in [0.4, 0.5) is 17.3 Å². The molecule has 5 rings (SSSR count). The van der Waals surface area contributed by atoms with Gasteiger partial charge in [-0.25, -0.2) is 23.2 Å². The zero-order chi connectivity index (χ0) is 29.1. The fourth-order valence-electron chi connectivity index (χ4n) is 5.41. The number of nitrogens with zero attached hydrogens (tertiary/aromatic N) is 2. The molecule has 0 bridgehead atoms. The van der Waals surface area contributed by atoms with Crippen molar-refractivity contribution in [2.45, 2.75) is 58.0 Å². The molecule has 0 amide bonds. The summed E-state index contributed by atoms with van der Waals surface area (Å²) < 4.78 is 35.3. The van der Waals surface area contributed by atoms with Crippen molar-refractivity contribution in [3.05, 3.63) is 83.9 Å². The topological polar surface area (TPSA) is 110 Å². The number of fused-ring (bicyclic) bond motifs is 1. The molecule has 0 spiro atoms. The van der Waals surface area contributed by atoms with Crippen LogP contribution in [-0.4, -0.2) is 30.5 Å². The SMILES string of the molecule is Cc1ccc(S(=O)(=O)Nc2nc3ccccc3nc2Nc2ccccc2C(=O)O[C@@H]2C[C@H](C)CC[C@@H]2C(C)C)cc1. The molecule has 8 nitrogen and oxygen atoms in total. The summed E-state index contributed by atoms with van der Waals surface area (Å²) >= 11 is 0. The summed E-state index contributed by atoms with van der Waals surface area (Å²) in [5.74, 6) is 0.982. The number of nitrogens with one attached hydrogen (secondary N) is 2. The van der Waals surface area contributed by atoms with Crippen LogP contribution in [0.25, 0.3) is 11.0 Å². The van der Waals surface area contributed by atoms with Gasteiger partial charge in [0.2, 0.25) is 0 Å². The van der Waals surface area contributed by atoms with Gasteiger partial charge in [0, 0.05) is 0 Å². The van der Waals surface area contributed by atoms with Crippen LogP contribution in [0.1, 0.15) is 56.0 Å². The van der Waals surface area contributed by atoms with Crippen LogP contribution in [0.5, 0.6) is 0 Å². The van der Waals surface area contributed by atoms with Crippen molar-refractivity contribution in [1.82, 2.24) is 9.97 Å². The van der Waals surface area contributed by atoms with Gasteiger partial charge >= 0.3 is 5.97 Å². The number of hydrogen-bond acceptors (Lipinski definition) is 7. The molecule has 1 aromatic heterocycles. The number of aryl methyl sites for hydroxylation is 1. The molecule has 0 aliphatic heterocycles. The third-order valence-corrected chi connectivity index (χ3v) is 9.11. The Hall–Kier alpha value is -3.98. The molecule has 214 valence electrons. The zero-order valence-electron chi connectivity index (χ0n) is 23.8. The number of ether oxygens (including phenoxy) is 1. The van der Waals surface area contributed by atoms with E-state index in [1.54, 1.807) is 60.7 Å². The lowest BCUT2D eigenvalue weighted by Gasteiger charge is -2.36. The van der Waals surface area contributed by atoms with Crippen molar-refractivity contribution < 1.29 is 17.9 Å². The fourth-order valence-corrected chi connectivity index (χ4v) is 6.42. The molecule has 1 fully saturated rings. The number of carbonyl (C=O) groups excluding carboxylic acids is 1. The summed E-state index contributed by atoms with van der Waals surface area (Å²) in [5.41, 5.74) is 2.84. The molecule has 0 unspecified atom stereocenters. The van der Waals surface area contributed by atoms with E-state index >= 15 is 0 Å². The summed E-state index contributed by atoms with van der Waals surface area (Å²) in [5, 5.41) is 3.18. The number of para-hydroxylation sites is 3. The Morgan fingerprint density at radius 2 is 1.54 bits per heavy atom. The Balaban J connectivity index is 1.48. The van der Waals surface area contributed by atoms with E-state index < -0.39 is 16.0 Å². The van der Waals surface area contributed by atoms with E-state index in [1.165, 1.54) is 0 Å². The lowest BCUT2D eigenvalue weighted by molar-refractivity contribution is -0.0173. The van der Waals surface area contributed by atoms with E-state index in [0.29, 0.717) is 40.0 Å². The van der Waals surface area contributed by atoms with Crippen LogP contribution >= 0.6 is 0 Å². The van der Waals surface area contributed by atoms with Crippen LogP contribution in [0.2, 0.25) is 0 Å². The van der Waals surface area contributed by atoms with Gasteiger partial charge in [-0.05, 0) is 73.9 Å². The number of anilines is 3. The molecule has 1 aliphatic carbocycles. The lowest BCUT2D eigenvalue weighted by Crippen LogP contribution is -2.36. The maximum atomic E-state index is 13.5. The van der Waals surface area contributed by atoms with Gasteiger partial charge < -0.3 is 10.1 Å². The van der Waals surface area contributed by atoms with Crippen molar-refractivity contribution >= 4 is 44.3 Å². The smallest absolute Gasteiger partial charge is 0.340 e. The average molecular weight is 573 g/mol. The summed E-state index contributed by atoms with van der Waals surface area (Å²) in [6, 6.07) is 20.8. The average Bonchev–Trinajstić information content (AvgIpc) is 2.93. The second kappa shape index (κ2) is 11.9. The quantitative estimate of drug-likeness (QED) is 0.217. The third kappa shape index (κ3) is 6.51. The maximum absolute atomic E-state index is 13.5. The number of rotatable bonds is 8. The van der Waals surface area contributed by atoms with Crippen molar-refractivity contribution in [2.75, 3.05) is 10.0 Å². The van der Waals surface area contributed by atoms with E-state index in [4.69, 9.17) is 4.74 Å². The van der Waals surface area contributed by atoms with Crippen molar-refractivity contribution in [3.63, 3.8) is 0 Å². The normalized spacial score (nSPS) is 19.2. The molecule has 9 heteroatoms. The van der Waals surface area contributed by atoms with Crippen LogP contribution in [0, 0.1) is 24.7 Å². The lowest BCUT2D eigenvalue weighted by atomic mass is 9.75. The highest BCUT2D eigenvalue weighted by molar-refractivity contribution is 7.92. The molecule has 0 saturated heterocycles. The number of sulfonamides is 1. The predicted molar refractivity (Wildman–Crippen MR) is 162 cm³/mol. The largest absolute Gasteiger partial charge is 0.458 e. The first-order valence-corrected chi connectivity index (χ1v) is 15.5. The Morgan fingerprint density at radius 1 is 0.902 bits per heavy atom. The number of aromatic nitrogens is 2. The summed E-state index contributed by atoms with van der Waals surface area (Å²) in [6.07, 6.45) is 2.85. The van der Waals surface area contributed by atoms with E-state index in [2.05, 4.69) is 40.8 Å². The second-order valence-electron chi connectivity index (χ2n) is 11.3. The minimum absolute atomic E-state index is 0.0217. The minimum Gasteiger partial charge on any atom is -0.458 e. The third-order valence-electron chi connectivity index (χ3n) is 7.75. The van der Waals surface area contributed by atoms with Gasteiger partial charge in [0.05, 0.1) is 27.2 Å². The number of carbonyl (C=O) groups is 1. The van der Waals surface area contributed by atoms with Crippen LogP contribution in [0.3, 0.4) is 0 Å². The van der Waals surface area contributed by atoms with Gasteiger partial charge in [-0.2, -0.15) is 0 Å². The Morgan fingerprint density at radius 3 is 2.22 bits per heavy atom. The molecule has 1 saturated carbocycles. The number of benzene rings is 3. The molecule has 4 aromatic rings. The highest BCUT2D eigenvalue weighted by atomic mass is 32.2. The van der Waals surface area contributed by atoms with Crippen molar-refractivity contribution in [3.8, 4) is 0 Å². The predicted octanol–water partition coefficient (Wildman–Crippen LogP) is 7.10. The zero-order valence-corrected chi connectivity index (χ0v) is 24.6. The summed E-state index contributed by atoms with van der Waals surface area (Å²) in [4.78, 5) is 22.9. The van der Waals surface area contributed by atoms with Crippen LogP contribution in [-0.2, 0) is 14.8 Å². The highest BCUT2D eigenvalue weighted by Crippen LogP contribution is 2.36. The number of hydrogen-bond donors (Lipinski definition) is 2. The second-order valence-corrected chi connectivity index (χ2v) is 13.0. The van der Waals surface area contributed by atoms with Gasteiger partial charge in [-0.1, -0.05) is 69.2 Å². The summed E-state index contributed by atoms with van der Waals surface area (Å²) in [7, 11) is -3.96. The van der Waals surface area contributed by atoms with Gasteiger partial charge in [0.15, 0.2) is 11.6 Å². The van der Waals surface area contributed by atoms with E-state index in [0.717, 1.165) is 24.8 Å². The maximum Gasteiger partial charge on any atom is 0.340 e. The Bertz CT molecular complexity index is 1650. The van der Waals surface area contributed by atoms with E-state index in [1.807, 2.05) is 19.1 Å². The molecular formula is C32H36N4O4S. The van der Waals surface area contributed by atoms with Crippen molar-refractivity contribution in [2.24, 2.45) is 17.8 Å². The van der Waals surface area contributed by atoms with Gasteiger partial charge in [0.1, 0.15) is 6.10 Å². The fraction of sp³-hybridized carbons (Fsp3) is 0.344. The first-order chi connectivity index (χ1) is 19.6. The van der Waals surface area contributed by atoms with Gasteiger partial charge in [-0.15, -0.1) is 0 Å². The molecular weight excluding hydrogens is 536 g/mol. The Labute approximate surface area is 241 Å². The van der Waals surface area contributed by atoms with Crippen LogP contribution < -0.4 is 10.0 Å². The molecule has 1 heterocycles. The first-order valence-electron chi connectivity index (χ1n) is 14.0. The minimum atomic E-state index is -3.96. The molecule has 41 heavy (non-hydrogen) atoms. The standard InChI is InChI=1S/C32H36N4O4S/c1-20(2)24-18-15-22(4)19-29(24)40-32(37)25-9-5-6-10-26(25)33-30-31(35-28-12-8-7-11-27(28)34-30)36-41(38,39)23-16-13-21(3)14-17-23/h5-14,16-17,20,22,24,29H,15,18-19H2,1-4H3,(H,33,34)(H,35,36)/t22-,24-,29-/m1/s1. The van der Waals surface area contributed by atoms with Gasteiger partial charge in [-0.3, -0.25) is 4.72 Å². The van der Waals surface area contributed by atoms with E-state index in [-0.39, 0.29) is 22.6 Å². The summed E-state index contributed by atoms with van der Waals surface area (Å²) in [6.45, 7) is 8.44. The first kappa shape index (κ1) is 28.5. The molecule has 2 N–H and O–H groups in total. The molecule has 3 atom stereocenters. The highest BCUT2D eigenvalue weighted by Gasteiger charge is 2.34. The van der Waals surface area contributed by atoms with E-state index in [9.17, 15) is 13.2 Å². The molecule has 3 aromatic carbocycles. The molecule has 0 radical (unpaired) electrons. The number of esters is 1. The molecule has 1 aliphatic rings.